The van der Waals surface area contributed by atoms with Crippen molar-refractivity contribution in [2.24, 2.45) is 0 Å². The molecule has 0 spiro atoms. The molecule has 3 rings (SSSR count). The maximum absolute atomic E-state index is 13.7. The van der Waals surface area contributed by atoms with Crippen LogP contribution in [0.5, 0.6) is 5.75 Å². The number of quaternary nitrogens is 1. The van der Waals surface area contributed by atoms with Crippen molar-refractivity contribution in [3.8, 4) is 5.75 Å². The molecule has 1 amide bonds. The van der Waals surface area contributed by atoms with Crippen LogP contribution in [0.4, 0.5) is 4.39 Å². The summed E-state index contributed by atoms with van der Waals surface area (Å²) >= 11 is 0. The third kappa shape index (κ3) is 3.74. The molecule has 1 heterocycles. The van der Waals surface area contributed by atoms with Crippen LogP contribution in [0.25, 0.3) is 0 Å². The van der Waals surface area contributed by atoms with Gasteiger partial charge in [0.1, 0.15) is 18.1 Å². The molecule has 4 nitrogen and oxygen atoms in total. The van der Waals surface area contributed by atoms with E-state index in [9.17, 15) is 9.18 Å². The van der Waals surface area contributed by atoms with Crippen molar-refractivity contribution in [3.05, 3.63) is 65.5 Å². The lowest BCUT2D eigenvalue weighted by Crippen LogP contribution is -3.13. The Morgan fingerprint density at radius 3 is 2.42 bits per heavy atom. The molecule has 24 heavy (non-hydrogen) atoms. The van der Waals surface area contributed by atoms with E-state index in [4.69, 9.17) is 4.74 Å². The van der Waals surface area contributed by atoms with Gasteiger partial charge >= 0.3 is 0 Å². The number of hydrogen-bond acceptors (Lipinski definition) is 2. The fourth-order valence-electron chi connectivity index (χ4n) is 3.03. The molecule has 1 aliphatic heterocycles. The number of carbonyl (C=O) groups excluding carboxylic acids is 1. The molecule has 1 saturated heterocycles. The quantitative estimate of drug-likeness (QED) is 0.919. The molecule has 0 bridgehead atoms. The van der Waals surface area contributed by atoms with Gasteiger partial charge < -0.3 is 14.5 Å². The number of halogens is 1. The number of hydrogen-bond donors (Lipinski definition) is 1. The number of nitrogens with zero attached hydrogens (tertiary/aromatic N) is 1. The van der Waals surface area contributed by atoms with Gasteiger partial charge in [0.25, 0.3) is 5.91 Å². The molecule has 1 N–H and O–H groups in total. The summed E-state index contributed by atoms with van der Waals surface area (Å²) in [6.07, 6.45) is 0. The summed E-state index contributed by atoms with van der Waals surface area (Å²) in [5.74, 6) is 0.634. The van der Waals surface area contributed by atoms with Crippen LogP contribution in [0.2, 0.25) is 0 Å². The van der Waals surface area contributed by atoms with E-state index in [1.165, 1.54) is 11.0 Å². The number of carbonyl (C=O) groups is 1. The lowest BCUT2D eigenvalue weighted by atomic mass is 10.1. The maximum atomic E-state index is 13.7. The molecule has 0 saturated carbocycles. The fraction of sp³-hybridized carbons (Fsp3) is 0.316. The molecule has 0 aliphatic carbocycles. The summed E-state index contributed by atoms with van der Waals surface area (Å²) in [7, 11) is 1.61. The smallest absolute Gasteiger partial charge is 0.254 e. The first-order valence-electron chi connectivity index (χ1n) is 8.17. The Balaban J connectivity index is 1.56. The third-order valence-corrected chi connectivity index (χ3v) is 4.49. The van der Waals surface area contributed by atoms with Gasteiger partial charge in [-0.1, -0.05) is 18.2 Å². The highest BCUT2D eigenvalue weighted by Gasteiger charge is 2.25. The van der Waals surface area contributed by atoms with Crippen molar-refractivity contribution in [2.45, 2.75) is 6.54 Å². The first kappa shape index (κ1) is 16.5. The van der Waals surface area contributed by atoms with Crippen LogP contribution >= 0.6 is 0 Å². The number of amides is 1. The number of piperazine rings is 1. The number of nitrogens with one attached hydrogen (secondary N) is 1. The number of benzene rings is 2. The predicted molar refractivity (Wildman–Crippen MR) is 89.7 cm³/mol. The second-order valence-electron chi connectivity index (χ2n) is 6.04. The van der Waals surface area contributed by atoms with E-state index in [2.05, 4.69) is 0 Å². The molecular formula is C19H22FN2O2+. The second-order valence-corrected chi connectivity index (χ2v) is 6.04. The lowest BCUT2D eigenvalue weighted by molar-refractivity contribution is -0.917. The minimum atomic E-state index is -0.151. The Labute approximate surface area is 141 Å². The Morgan fingerprint density at radius 2 is 1.79 bits per heavy atom. The predicted octanol–water partition coefficient (Wildman–Crippen LogP) is 1.38. The van der Waals surface area contributed by atoms with E-state index in [0.717, 1.165) is 24.4 Å². The SMILES string of the molecule is COc1ccc(C(=O)N2CC[NH+](Cc3ccccc3F)CC2)cc1. The zero-order valence-electron chi connectivity index (χ0n) is 13.8. The standard InChI is InChI=1S/C19H21FN2O2/c1-24-17-8-6-15(7-9-17)19(23)22-12-10-21(11-13-22)14-16-4-2-3-5-18(16)20/h2-9H,10-14H2,1H3/p+1. The van der Waals surface area contributed by atoms with Crippen molar-refractivity contribution < 1.29 is 18.8 Å². The van der Waals surface area contributed by atoms with E-state index in [-0.39, 0.29) is 11.7 Å². The molecule has 2 aromatic carbocycles. The van der Waals surface area contributed by atoms with Crippen molar-refractivity contribution in [3.63, 3.8) is 0 Å². The third-order valence-electron chi connectivity index (χ3n) is 4.49. The van der Waals surface area contributed by atoms with Crippen LogP contribution < -0.4 is 9.64 Å². The molecule has 0 aromatic heterocycles. The van der Waals surface area contributed by atoms with E-state index in [1.54, 1.807) is 37.4 Å². The van der Waals surface area contributed by atoms with E-state index >= 15 is 0 Å². The van der Waals surface area contributed by atoms with E-state index in [1.807, 2.05) is 17.0 Å². The zero-order valence-corrected chi connectivity index (χ0v) is 13.8. The molecule has 0 radical (unpaired) electrons. The van der Waals surface area contributed by atoms with E-state index in [0.29, 0.717) is 25.2 Å². The van der Waals surface area contributed by atoms with Gasteiger partial charge in [0, 0.05) is 11.1 Å². The first-order chi connectivity index (χ1) is 11.7. The van der Waals surface area contributed by atoms with Crippen LogP contribution in [-0.2, 0) is 6.54 Å². The number of rotatable bonds is 4. The van der Waals surface area contributed by atoms with Crippen molar-refractivity contribution in [2.75, 3.05) is 33.3 Å². The molecule has 0 atom stereocenters. The monoisotopic (exact) mass is 329 g/mol. The second kappa shape index (κ2) is 7.45. The van der Waals surface area contributed by atoms with Gasteiger partial charge in [-0.15, -0.1) is 0 Å². The number of ether oxygens (including phenoxy) is 1. The van der Waals surface area contributed by atoms with Gasteiger partial charge in [0.15, 0.2) is 0 Å². The van der Waals surface area contributed by atoms with Crippen molar-refractivity contribution >= 4 is 5.91 Å². The summed E-state index contributed by atoms with van der Waals surface area (Å²) in [4.78, 5) is 15.7. The Bertz CT molecular complexity index is 695. The molecule has 0 unspecified atom stereocenters. The van der Waals surface area contributed by atoms with Crippen molar-refractivity contribution in [1.29, 1.82) is 0 Å². The van der Waals surface area contributed by atoms with Gasteiger partial charge in [-0.3, -0.25) is 4.79 Å². The highest BCUT2D eigenvalue weighted by atomic mass is 19.1. The summed E-state index contributed by atoms with van der Waals surface area (Å²) in [6, 6.07) is 14.1. The fourth-order valence-corrected chi connectivity index (χ4v) is 3.03. The van der Waals surface area contributed by atoms with Gasteiger partial charge in [0.2, 0.25) is 0 Å². The molecule has 1 fully saturated rings. The average Bonchev–Trinajstić information content (AvgIpc) is 2.64. The first-order valence-corrected chi connectivity index (χ1v) is 8.17. The molecule has 2 aromatic rings. The molecule has 126 valence electrons. The van der Waals surface area contributed by atoms with Gasteiger partial charge in [-0.05, 0) is 30.3 Å². The van der Waals surface area contributed by atoms with E-state index < -0.39 is 0 Å². The van der Waals surface area contributed by atoms with Gasteiger partial charge in [-0.25, -0.2) is 4.39 Å². The normalized spacial score (nSPS) is 15.3. The zero-order chi connectivity index (χ0) is 16.9. The number of methoxy groups -OCH3 is 1. The van der Waals surface area contributed by atoms with Gasteiger partial charge in [0.05, 0.1) is 33.3 Å². The highest BCUT2D eigenvalue weighted by Crippen LogP contribution is 2.13. The topological polar surface area (TPSA) is 34.0 Å². The average molecular weight is 329 g/mol. The minimum Gasteiger partial charge on any atom is -0.497 e. The largest absolute Gasteiger partial charge is 0.497 e. The van der Waals surface area contributed by atoms with Crippen LogP contribution in [0.15, 0.2) is 48.5 Å². The molecular weight excluding hydrogens is 307 g/mol. The Hall–Kier alpha value is -2.40. The Morgan fingerprint density at radius 1 is 1.12 bits per heavy atom. The van der Waals surface area contributed by atoms with Crippen LogP contribution in [-0.4, -0.2) is 44.1 Å². The summed E-state index contributed by atoms with van der Waals surface area (Å²) in [5, 5.41) is 0. The Kier molecular flexibility index (Phi) is 5.11. The highest BCUT2D eigenvalue weighted by molar-refractivity contribution is 5.94. The van der Waals surface area contributed by atoms with Gasteiger partial charge in [-0.2, -0.15) is 0 Å². The maximum Gasteiger partial charge on any atom is 0.254 e. The summed E-state index contributed by atoms with van der Waals surface area (Å²) < 4.78 is 18.9. The molecule has 1 aliphatic rings. The van der Waals surface area contributed by atoms with Crippen LogP contribution in [0.3, 0.4) is 0 Å². The lowest BCUT2D eigenvalue weighted by Gasteiger charge is -2.32. The minimum absolute atomic E-state index is 0.0441. The van der Waals surface area contributed by atoms with Crippen molar-refractivity contribution in [1.82, 2.24) is 4.90 Å². The summed E-state index contributed by atoms with van der Waals surface area (Å²) in [5.41, 5.74) is 1.41. The van der Waals surface area contributed by atoms with Crippen LogP contribution in [0, 0.1) is 5.82 Å². The van der Waals surface area contributed by atoms with Crippen LogP contribution in [0.1, 0.15) is 15.9 Å². The summed E-state index contributed by atoms with van der Waals surface area (Å²) in [6.45, 7) is 3.70. The molecule has 5 heteroatoms.